The van der Waals surface area contributed by atoms with Crippen LogP contribution in [0.3, 0.4) is 0 Å². The normalized spacial score (nSPS) is 21.0. The second-order valence-corrected chi connectivity index (χ2v) is 5.53. The Balaban J connectivity index is 2.36. The van der Waals surface area contributed by atoms with Crippen LogP contribution in [0, 0.1) is 11.8 Å². The molecule has 2 atom stereocenters. The van der Waals surface area contributed by atoms with Crippen LogP contribution in [0.5, 0.6) is 0 Å². The molecule has 2 heteroatoms. The van der Waals surface area contributed by atoms with Gasteiger partial charge in [0.25, 0.3) is 0 Å². The highest BCUT2D eigenvalue weighted by atomic mass is 16.3. The Bertz CT molecular complexity index is 177. The molecule has 0 aliphatic heterocycles. The van der Waals surface area contributed by atoms with Gasteiger partial charge in [-0.05, 0) is 24.7 Å². The van der Waals surface area contributed by atoms with E-state index in [4.69, 9.17) is 0 Å². The molecule has 1 fully saturated rings. The fraction of sp³-hybridized carbons (Fsp3) is 1.00. The number of aliphatic hydroxyl groups is 1. The number of nitrogens with zero attached hydrogens (tertiary/aromatic N) is 1. The molecule has 2 nitrogen and oxygen atoms in total. The van der Waals surface area contributed by atoms with Crippen molar-refractivity contribution in [2.24, 2.45) is 11.8 Å². The average molecular weight is 213 g/mol. The van der Waals surface area contributed by atoms with Crippen LogP contribution in [0.25, 0.3) is 0 Å². The molecule has 0 amide bonds. The van der Waals surface area contributed by atoms with E-state index in [-0.39, 0.29) is 6.10 Å². The van der Waals surface area contributed by atoms with Crippen LogP contribution in [0.2, 0.25) is 0 Å². The summed E-state index contributed by atoms with van der Waals surface area (Å²) >= 11 is 0. The first kappa shape index (κ1) is 13.0. The summed E-state index contributed by atoms with van der Waals surface area (Å²) in [6.45, 7) is 10.8. The largest absolute Gasteiger partial charge is 0.392 e. The minimum absolute atomic E-state index is 0.144. The number of rotatable bonds is 7. The van der Waals surface area contributed by atoms with E-state index in [0.717, 1.165) is 25.6 Å². The summed E-state index contributed by atoms with van der Waals surface area (Å²) in [6.07, 6.45) is 3.59. The van der Waals surface area contributed by atoms with Gasteiger partial charge in [-0.3, -0.25) is 4.90 Å². The lowest BCUT2D eigenvalue weighted by atomic mass is 10.0. The first-order valence-electron chi connectivity index (χ1n) is 6.46. The molecule has 1 aliphatic carbocycles. The smallest absolute Gasteiger partial charge is 0.0692 e. The van der Waals surface area contributed by atoms with Gasteiger partial charge in [0, 0.05) is 19.1 Å². The topological polar surface area (TPSA) is 23.5 Å². The van der Waals surface area contributed by atoms with E-state index in [1.807, 2.05) is 0 Å². The van der Waals surface area contributed by atoms with Gasteiger partial charge in [-0.1, -0.05) is 34.1 Å². The van der Waals surface area contributed by atoms with Gasteiger partial charge in [-0.25, -0.2) is 0 Å². The van der Waals surface area contributed by atoms with E-state index in [1.165, 1.54) is 12.8 Å². The molecule has 0 saturated heterocycles. The van der Waals surface area contributed by atoms with Gasteiger partial charge in [-0.15, -0.1) is 0 Å². The first-order chi connectivity index (χ1) is 7.04. The Morgan fingerprint density at radius 3 is 2.20 bits per heavy atom. The lowest BCUT2D eigenvalue weighted by Gasteiger charge is -2.28. The second-order valence-electron chi connectivity index (χ2n) is 5.53. The van der Waals surface area contributed by atoms with Gasteiger partial charge in [0.1, 0.15) is 0 Å². The minimum Gasteiger partial charge on any atom is -0.392 e. The highest BCUT2D eigenvalue weighted by Crippen LogP contribution is 2.28. The maximum atomic E-state index is 10.0. The molecule has 0 spiro atoms. The molecular formula is C13H27NO. The Kier molecular flexibility index (Phi) is 5.07. The van der Waals surface area contributed by atoms with Crippen molar-refractivity contribution in [2.45, 2.75) is 59.1 Å². The van der Waals surface area contributed by atoms with Crippen LogP contribution in [-0.2, 0) is 0 Å². The van der Waals surface area contributed by atoms with Crippen molar-refractivity contribution in [2.75, 3.05) is 13.1 Å². The summed E-state index contributed by atoms with van der Waals surface area (Å²) in [5, 5.41) is 10.0. The number of hydrogen-bond donors (Lipinski definition) is 1. The monoisotopic (exact) mass is 213 g/mol. The Morgan fingerprint density at radius 2 is 1.80 bits per heavy atom. The van der Waals surface area contributed by atoms with Gasteiger partial charge in [0.15, 0.2) is 0 Å². The second kappa shape index (κ2) is 5.86. The summed E-state index contributed by atoms with van der Waals surface area (Å²) in [4.78, 5) is 2.49. The first-order valence-corrected chi connectivity index (χ1v) is 6.46. The molecule has 0 aromatic rings. The van der Waals surface area contributed by atoms with Gasteiger partial charge in [-0.2, -0.15) is 0 Å². The number of hydrogen-bond acceptors (Lipinski definition) is 2. The third kappa shape index (κ3) is 4.52. The van der Waals surface area contributed by atoms with Crippen molar-refractivity contribution >= 4 is 0 Å². The van der Waals surface area contributed by atoms with Crippen LogP contribution in [0.1, 0.15) is 47.0 Å². The van der Waals surface area contributed by atoms with E-state index >= 15 is 0 Å². The molecule has 15 heavy (non-hydrogen) atoms. The van der Waals surface area contributed by atoms with Gasteiger partial charge >= 0.3 is 0 Å². The van der Waals surface area contributed by atoms with Gasteiger partial charge in [0.2, 0.25) is 0 Å². The third-order valence-electron chi connectivity index (χ3n) is 3.39. The molecule has 1 saturated carbocycles. The molecule has 1 rings (SSSR count). The van der Waals surface area contributed by atoms with Crippen LogP contribution in [-0.4, -0.2) is 35.2 Å². The van der Waals surface area contributed by atoms with Crippen molar-refractivity contribution in [1.82, 2.24) is 4.90 Å². The lowest BCUT2D eigenvalue weighted by molar-refractivity contribution is 0.0607. The summed E-state index contributed by atoms with van der Waals surface area (Å²) < 4.78 is 0. The van der Waals surface area contributed by atoms with Crippen molar-refractivity contribution in [3.8, 4) is 0 Å². The maximum Gasteiger partial charge on any atom is 0.0692 e. The van der Waals surface area contributed by atoms with Crippen molar-refractivity contribution in [3.05, 3.63) is 0 Å². The average Bonchev–Trinajstić information content (AvgIpc) is 2.97. The molecule has 0 bridgehead atoms. The van der Waals surface area contributed by atoms with E-state index < -0.39 is 0 Å². The van der Waals surface area contributed by atoms with Crippen molar-refractivity contribution < 1.29 is 5.11 Å². The fourth-order valence-electron chi connectivity index (χ4n) is 1.97. The molecule has 0 heterocycles. The molecule has 1 aliphatic rings. The molecular weight excluding hydrogens is 186 g/mol. The van der Waals surface area contributed by atoms with E-state index in [2.05, 4.69) is 32.6 Å². The van der Waals surface area contributed by atoms with E-state index in [0.29, 0.717) is 11.8 Å². The quantitative estimate of drug-likeness (QED) is 0.702. The summed E-state index contributed by atoms with van der Waals surface area (Å²) in [6, 6.07) is 0.770. The molecule has 90 valence electrons. The Hall–Kier alpha value is -0.0800. The highest BCUT2D eigenvalue weighted by Gasteiger charge is 2.31. The third-order valence-corrected chi connectivity index (χ3v) is 3.39. The highest BCUT2D eigenvalue weighted by molar-refractivity contribution is 4.86. The predicted octanol–water partition coefficient (Wildman–Crippen LogP) is 2.51. The van der Waals surface area contributed by atoms with Crippen LogP contribution >= 0.6 is 0 Å². The van der Waals surface area contributed by atoms with Crippen LogP contribution in [0.4, 0.5) is 0 Å². The lowest BCUT2D eigenvalue weighted by Crippen LogP contribution is -2.39. The maximum absolute atomic E-state index is 10.0. The van der Waals surface area contributed by atoms with Crippen molar-refractivity contribution in [1.29, 1.82) is 0 Å². The van der Waals surface area contributed by atoms with Crippen LogP contribution in [0.15, 0.2) is 0 Å². The zero-order valence-electron chi connectivity index (χ0n) is 10.7. The Morgan fingerprint density at radius 1 is 1.20 bits per heavy atom. The van der Waals surface area contributed by atoms with E-state index in [9.17, 15) is 5.11 Å². The molecule has 2 unspecified atom stereocenters. The molecule has 0 aromatic carbocycles. The molecule has 1 N–H and O–H groups in total. The zero-order valence-corrected chi connectivity index (χ0v) is 10.7. The van der Waals surface area contributed by atoms with Crippen LogP contribution < -0.4 is 0 Å². The predicted molar refractivity (Wildman–Crippen MR) is 64.9 cm³/mol. The standard InChI is InChI=1S/C13H27NO/c1-5-11(4)13(15)9-14(8-10(2)3)12-6-7-12/h10-13,15H,5-9H2,1-4H3. The Labute approximate surface area is 94.7 Å². The van der Waals surface area contributed by atoms with Gasteiger partial charge < -0.3 is 5.11 Å². The molecule has 0 aromatic heterocycles. The fourth-order valence-corrected chi connectivity index (χ4v) is 1.97. The van der Waals surface area contributed by atoms with E-state index in [1.54, 1.807) is 0 Å². The van der Waals surface area contributed by atoms with Gasteiger partial charge in [0.05, 0.1) is 6.10 Å². The van der Waals surface area contributed by atoms with Crippen molar-refractivity contribution in [3.63, 3.8) is 0 Å². The SMILES string of the molecule is CCC(C)C(O)CN(CC(C)C)C1CC1. The zero-order chi connectivity index (χ0) is 11.4. The summed E-state index contributed by atoms with van der Waals surface area (Å²) in [7, 11) is 0. The number of aliphatic hydroxyl groups excluding tert-OH is 1. The summed E-state index contributed by atoms with van der Waals surface area (Å²) in [5.74, 6) is 1.13. The minimum atomic E-state index is -0.144. The molecule has 0 radical (unpaired) electrons. The summed E-state index contributed by atoms with van der Waals surface area (Å²) in [5.41, 5.74) is 0.